The van der Waals surface area contributed by atoms with Gasteiger partial charge in [-0.2, -0.15) is 55.7 Å². The van der Waals surface area contributed by atoms with E-state index in [-0.39, 0.29) is 58.5 Å². The van der Waals surface area contributed by atoms with Crippen LogP contribution in [0, 0.1) is 11.8 Å². The summed E-state index contributed by atoms with van der Waals surface area (Å²) in [7, 11) is -1.55. The van der Waals surface area contributed by atoms with Crippen molar-refractivity contribution in [3.63, 3.8) is 0 Å². The summed E-state index contributed by atoms with van der Waals surface area (Å²) in [5, 5.41) is 58.9. The maximum Gasteiger partial charge on any atom is 0.453 e. The van der Waals surface area contributed by atoms with Crippen LogP contribution in [0.2, 0.25) is 0 Å². The number of alkyl halides is 10. The van der Waals surface area contributed by atoms with Gasteiger partial charge in [-0.1, -0.05) is 88.8 Å². The Balaban J connectivity index is 0.000000311. The van der Waals surface area contributed by atoms with Gasteiger partial charge in [0.15, 0.2) is 0 Å². The maximum absolute atomic E-state index is 13.0. The second kappa shape index (κ2) is 31.4. The van der Waals surface area contributed by atoms with Crippen LogP contribution in [0.4, 0.5) is 43.9 Å². The van der Waals surface area contributed by atoms with E-state index in [1.807, 2.05) is 36.4 Å². The fraction of sp³-hybridized carbons (Fsp3) is 0.581. The largest absolute Gasteiger partial charge is 0.508 e. The van der Waals surface area contributed by atoms with Crippen molar-refractivity contribution in [2.75, 3.05) is 36.2 Å². The van der Waals surface area contributed by atoms with Crippen LogP contribution in [-0.4, -0.2) is 107 Å². The Hall–Kier alpha value is -5.58. The van der Waals surface area contributed by atoms with E-state index in [1.54, 1.807) is 48.5 Å². The molecule has 0 aliphatic carbocycles. The first kappa shape index (κ1) is 70.2. The highest BCUT2D eigenvalue weighted by atomic mass is 32.2. The van der Waals surface area contributed by atoms with E-state index in [9.17, 15) is 88.3 Å². The highest BCUT2D eigenvalue weighted by Crippen LogP contribution is 2.52. The lowest BCUT2D eigenvalue weighted by Crippen LogP contribution is -2.40. The predicted molar refractivity (Wildman–Crippen MR) is 306 cm³/mol. The van der Waals surface area contributed by atoms with E-state index in [0.29, 0.717) is 94.7 Å². The number of benzene rings is 4. The Morgan fingerprint density at radius 3 is 1.27 bits per heavy atom. The third kappa shape index (κ3) is 20.2. The standard InChI is InChI=1S/C31H39F5O6S.C31H39F5O5S/c1-29(22-10-12-23(37)13-11-22)20-42-27-19-24(38)14-15-25(27)26(29)9-3-2-7-21(28(39)40)8-4-5-17-43(41)18-6-16-30(32,33)31(34,35)36;1-29(22-10-12-23(37)13-11-22)20-41-27-19-24(38)14-15-25(27)26(29)9-3-2-7-21(28(39)40)8-4-5-17-42-18-6-16-30(32,33)31(34,35)36/h10-15,19,21,26,37-38H,2-9,16-18,20H2,1H3,(H,39,40);10-15,19,21,26,37-38H,2-9,16-18,20H2,1H3,(H,39,40)/t21?,26-,29-,43?;21?,26-,29-/m11/s1. The first-order valence-corrected chi connectivity index (χ1v) is 31.3. The van der Waals surface area contributed by atoms with E-state index in [1.165, 1.54) is 11.8 Å². The van der Waals surface area contributed by atoms with Gasteiger partial charge in [0, 0.05) is 69.9 Å². The number of hydrogen-bond donors (Lipinski definition) is 6. The molecule has 0 bridgehead atoms. The summed E-state index contributed by atoms with van der Waals surface area (Å²) in [5.41, 5.74) is 3.10. The molecular weight excluding hydrogens is 1170 g/mol. The fourth-order valence-corrected chi connectivity index (χ4v) is 13.4. The quantitative estimate of drug-likeness (QED) is 0.0201. The van der Waals surface area contributed by atoms with Crippen LogP contribution in [0.1, 0.15) is 164 Å². The van der Waals surface area contributed by atoms with Crippen molar-refractivity contribution in [1.82, 2.24) is 0 Å². The smallest absolute Gasteiger partial charge is 0.453 e. The SMILES string of the molecule is C[C@]1(c2ccc(O)cc2)COc2cc(O)ccc2[C@H]1CCCCC(CCCCS(=O)CCCC(F)(F)C(F)(F)F)C(=O)O.C[C@]1(c2ccc(O)cc2)COc2cc(O)ccc2[C@H]1CCCCC(CCCCSCCCC(F)(F)C(F)(F)F)C(=O)O. The molecule has 0 aromatic heterocycles. The summed E-state index contributed by atoms with van der Waals surface area (Å²) in [5.74, 6) is -9.90. The van der Waals surface area contributed by atoms with Gasteiger partial charge in [0.05, 0.1) is 25.0 Å². The van der Waals surface area contributed by atoms with Crippen molar-refractivity contribution in [3.8, 4) is 34.5 Å². The Kier molecular flexibility index (Phi) is 25.9. The number of rotatable bonds is 32. The Bertz CT molecular complexity index is 2770. The molecule has 6 rings (SSSR count). The van der Waals surface area contributed by atoms with Gasteiger partial charge in [-0.25, -0.2) is 0 Å². The summed E-state index contributed by atoms with van der Waals surface area (Å²) < 4.78 is 149. The monoisotopic (exact) mass is 1250 g/mol. The molecule has 0 saturated carbocycles. The molecule has 4 aromatic carbocycles. The fourth-order valence-electron chi connectivity index (χ4n) is 11.3. The third-order valence-corrected chi connectivity index (χ3v) is 19.1. The number of carboxylic acid groups (broad SMARTS) is 2. The third-order valence-electron chi connectivity index (χ3n) is 16.4. The summed E-state index contributed by atoms with van der Waals surface area (Å²) >= 11 is 1.31. The van der Waals surface area contributed by atoms with Crippen molar-refractivity contribution >= 4 is 34.5 Å². The zero-order valence-electron chi connectivity index (χ0n) is 47.7. The number of thioether (sulfide) groups is 1. The molecule has 4 aromatic rings. The van der Waals surface area contributed by atoms with Crippen molar-refractivity contribution in [1.29, 1.82) is 0 Å². The zero-order valence-corrected chi connectivity index (χ0v) is 49.3. The minimum atomic E-state index is -5.62. The van der Waals surface area contributed by atoms with Crippen molar-refractivity contribution in [2.45, 2.75) is 176 Å². The zero-order chi connectivity index (χ0) is 62.8. The molecule has 2 aliphatic heterocycles. The molecule has 2 heterocycles. The maximum atomic E-state index is 13.0. The highest BCUT2D eigenvalue weighted by molar-refractivity contribution is 7.99. The van der Waals surface area contributed by atoms with E-state index >= 15 is 0 Å². The molecule has 0 amide bonds. The minimum absolute atomic E-state index is 0.00994. The van der Waals surface area contributed by atoms with E-state index in [2.05, 4.69) is 13.8 Å². The molecule has 0 fully saturated rings. The van der Waals surface area contributed by atoms with E-state index in [0.717, 1.165) is 47.9 Å². The molecule has 474 valence electrons. The predicted octanol–water partition coefficient (Wildman–Crippen LogP) is 16.4. The number of carbonyl (C=O) groups is 2. The molecule has 0 spiro atoms. The average molecular weight is 1250 g/mol. The normalized spacial score (nSPS) is 19.9. The lowest BCUT2D eigenvalue weighted by Gasteiger charge is -2.43. The van der Waals surface area contributed by atoms with Crippen molar-refractivity contribution in [3.05, 3.63) is 107 Å². The molecule has 23 heteroatoms. The molecule has 11 nitrogen and oxygen atoms in total. The van der Waals surface area contributed by atoms with Crippen LogP contribution >= 0.6 is 11.8 Å². The highest BCUT2D eigenvalue weighted by Gasteiger charge is 2.57. The van der Waals surface area contributed by atoms with Gasteiger partial charge in [-0.15, -0.1) is 0 Å². The lowest BCUT2D eigenvalue weighted by atomic mass is 9.66. The topological polar surface area (TPSA) is 191 Å². The van der Waals surface area contributed by atoms with Gasteiger partial charge in [0.25, 0.3) is 0 Å². The van der Waals surface area contributed by atoms with Crippen LogP contribution < -0.4 is 9.47 Å². The lowest BCUT2D eigenvalue weighted by molar-refractivity contribution is -0.284. The van der Waals surface area contributed by atoms with Gasteiger partial charge in [0.1, 0.15) is 34.5 Å². The van der Waals surface area contributed by atoms with Crippen molar-refractivity contribution < 1.29 is 97.8 Å². The van der Waals surface area contributed by atoms with Crippen molar-refractivity contribution in [2.24, 2.45) is 11.8 Å². The molecule has 7 atom stereocenters. The number of phenolic OH excluding ortho intramolecular Hbond substituents is 4. The Labute approximate surface area is 496 Å². The first-order valence-electron chi connectivity index (χ1n) is 28.7. The second-order valence-electron chi connectivity index (χ2n) is 22.8. The van der Waals surface area contributed by atoms with Crippen LogP contribution in [0.3, 0.4) is 0 Å². The van der Waals surface area contributed by atoms with Gasteiger partial charge < -0.3 is 40.1 Å². The number of halogens is 10. The number of carboxylic acids is 2. The van der Waals surface area contributed by atoms with Crippen LogP contribution in [0.5, 0.6) is 34.5 Å². The van der Waals surface area contributed by atoms with Crippen LogP contribution in [-0.2, 0) is 31.2 Å². The summed E-state index contributed by atoms with van der Waals surface area (Å²) in [4.78, 5) is 23.7. The van der Waals surface area contributed by atoms with Gasteiger partial charge in [-0.3, -0.25) is 13.8 Å². The molecule has 2 aliphatic rings. The van der Waals surface area contributed by atoms with Gasteiger partial charge >= 0.3 is 36.1 Å². The summed E-state index contributed by atoms with van der Waals surface area (Å²) in [6.45, 7) is 4.95. The van der Waals surface area contributed by atoms with Crippen LogP contribution in [0.25, 0.3) is 0 Å². The number of phenols is 4. The van der Waals surface area contributed by atoms with E-state index < -0.39 is 88.9 Å². The Morgan fingerprint density at radius 2 is 0.871 bits per heavy atom. The summed E-state index contributed by atoms with van der Waals surface area (Å²) in [6.07, 6.45) is -6.22. The first-order chi connectivity index (χ1) is 39.9. The van der Waals surface area contributed by atoms with Gasteiger partial charge in [0.2, 0.25) is 0 Å². The van der Waals surface area contributed by atoms with Gasteiger partial charge in [-0.05, 0) is 134 Å². The molecule has 0 radical (unpaired) electrons. The number of hydrogen-bond acceptors (Lipinski definition) is 10. The number of ether oxygens (including phenoxy) is 2. The Morgan fingerprint density at radius 1 is 0.518 bits per heavy atom. The molecule has 3 unspecified atom stereocenters. The molecule has 0 saturated heterocycles. The number of unbranched alkanes of at least 4 members (excludes halogenated alkanes) is 4. The molecule has 6 N–H and O–H groups in total. The summed E-state index contributed by atoms with van der Waals surface area (Å²) in [6, 6.07) is 24.2. The number of fused-ring (bicyclic) bond motifs is 2. The van der Waals surface area contributed by atoms with Crippen LogP contribution in [0.15, 0.2) is 84.9 Å². The van der Waals surface area contributed by atoms with E-state index in [4.69, 9.17) is 9.47 Å². The molecule has 85 heavy (non-hydrogen) atoms. The minimum Gasteiger partial charge on any atom is -0.508 e. The number of aromatic hydroxyl groups is 4. The average Bonchev–Trinajstić information content (AvgIpc) is 1.41. The molecular formula is C62H78F10O11S2. The number of aliphatic carboxylic acids is 2. The second-order valence-corrected chi connectivity index (χ2v) is 25.7.